The van der Waals surface area contributed by atoms with Crippen molar-refractivity contribution in [1.29, 1.82) is 0 Å². The van der Waals surface area contributed by atoms with E-state index in [9.17, 15) is 0 Å². The van der Waals surface area contributed by atoms with Gasteiger partial charge in [-0.2, -0.15) is 0 Å². The minimum absolute atomic E-state index is 0.427. The van der Waals surface area contributed by atoms with Crippen molar-refractivity contribution in [3.63, 3.8) is 0 Å². The lowest BCUT2D eigenvalue weighted by Crippen LogP contribution is -2.29. The van der Waals surface area contributed by atoms with Crippen LogP contribution in [0.15, 0.2) is 0 Å². The van der Waals surface area contributed by atoms with E-state index in [0.29, 0.717) is 0 Å². The Morgan fingerprint density at radius 3 is 2.38 bits per heavy atom. The summed E-state index contributed by atoms with van der Waals surface area (Å²) in [6.07, 6.45) is 0.969. The highest BCUT2D eigenvalue weighted by molar-refractivity contribution is 14.1. The smallest absolute Gasteiger partial charge is 0.385 e. The van der Waals surface area contributed by atoms with Gasteiger partial charge in [0, 0.05) is 13.2 Å². The van der Waals surface area contributed by atoms with Crippen LogP contribution in [0.4, 0.5) is 0 Å². The Hall–Kier alpha value is 0.675. The van der Waals surface area contributed by atoms with Crippen LogP contribution in [0.1, 0.15) is 6.42 Å². The molecule has 1 rings (SSSR count). The quantitative estimate of drug-likeness (QED) is 0.490. The molecule has 0 atom stereocenters. The first-order chi connectivity index (χ1) is 3.93. The molecule has 0 radical (unpaired) electrons. The Balaban J connectivity index is 2.13. The lowest BCUT2D eigenvalue weighted by atomic mass is 10.2. The third-order valence-corrected chi connectivity index (χ3v) is 1.28. The van der Waals surface area contributed by atoms with Crippen molar-refractivity contribution >= 4 is 30.3 Å². The molecule has 5 heteroatoms. The molecule has 3 nitrogen and oxygen atoms in total. The number of rotatable bonds is 1. The largest absolute Gasteiger partial charge is 0.649 e. The van der Waals surface area contributed by atoms with Crippen LogP contribution in [0.5, 0.6) is 0 Å². The van der Waals surface area contributed by atoms with Gasteiger partial charge in [0.05, 0.1) is 23.0 Å². The fourth-order valence-electron chi connectivity index (χ4n) is 0.518. The zero-order valence-electron chi connectivity index (χ0n) is 4.30. The second-order valence-electron chi connectivity index (χ2n) is 1.47. The summed E-state index contributed by atoms with van der Waals surface area (Å²) in [4.78, 5) is 0. The highest BCUT2D eigenvalue weighted by Gasteiger charge is 2.23. The van der Waals surface area contributed by atoms with Crippen LogP contribution in [-0.4, -0.2) is 20.5 Å². The van der Waals surface area contributed by atoms with Crippen LogP contribution in [0.3, 0.4) is 0 Å². The van der Waals surface area contributed by atoms with Crippen LogP contribution in [-0.2, 0) is 12.3 Å². The number of halogens is 1. The molecule has 1 fully saturated rings. The average molecular weight is 228 g/mol. The van der Waals surface area contributed by atoms with Crippen LogP contribution < -0.4 is 0 Å². The Morgan fingerprint density at radius 2 is 2.00 bits per heavy atom. The second-order valence-corrected chi connectivity index (χ2v) is 1.98. The molecule has 0 aromatic rings. The van der Waals surface area contributed by atoms with Gasteiger partial charge in [0.1, 0.15) is 0 Å². The van der Waals surface area contributed by atoms with Gasteiger partial charge in [-0.3, -0.25) is 0 Å². The summed E-state index contributed by atoms with van der Waals surface area (Å²) in [5, 5.41) is 0. The molecule has 0 unspecified atom stereocenters. The molecule has 0 bridgehead atoms. The molecular weight excluding hydrogens is 222 g/mol. The summed E-state index contributed by atoms with van der Waals surface area (Å²) in [6, 6.07) is 0. The first-order valence-corrected chi connectivity index (χ1v) is 3.32. The van der Waals surface area contributed by atoms with Gasteiger partial charge in [0.25, 0.3) is 0 Å². The molecule has 0 aromatic carbocycles. The van der Waals surface area contributed by atoms with Crippen LogP contribution in [0.25, 0.3) is 0 Å². The summed E-state index contributed by atoms with van der Waals surface area (Å²) < 4.78 is 14.7. The lowest BCUT2D eigenvalue weighted by molar-refractivity contribution is 0.0994. The van der Waals surface area contributed by atoms with Gasteiger partial charge in [-0.15, -0.1) is 0 Å². The Morgan fingerprint density at radius 1 is 1.38 bits per heavy atom. The van der Waals surface area contributed by atoms with Crippen molar-refractivity contribution < 1.29 is 12.3 Å². The van der Waals surface area contributed by atoms with Gasteiger partial charge >= 0.3 is 7.32 Å². The van der Waals surface area contributed by atoms with E-state index in [1.54, 1.807) is 23.0 Å². The summed E-state index contributed by atoms with van der Waals surface area (Å²) in [5.41, 5.74) is 0. The molecule has 1 aliphatic rings. The predicted molar refractivity (Wildman–Crippen MR) is 37.4 cm³/mol. The third-order valence-electron chi connectivity index (χ3n) is 0.869. The molecule has 1 heterocycles. The van der Waals surface area contributed by atoms with Crippen molar-refractivity contribution in [2.45, 2.75) is 6.42 Å². The summed E-state index contributed by atoms with van der Waals surface area (Å²) in [5.74, 6) is 0. The molecule has 1 aliphatic heterocycles. The Bertz CT molecular complexity index is 65.5. The van der Waals surface area contributed by atoms with E-state index in [1.807, 2.05) is 0 Å². The maximum atomic E-state index is 4.98. The molecule has 0 saturated carbocycles. The maximum absolute atomic E-state index is 4.98. The second kappa shape index (κ2) is 3.65. The van der Waals surface area contributed by atoms with Gasteiger partial charge in [-0.1, -0.05) is 0 Å². The van der Waals surface area contributed by atoms with Gasteiger partial charge in [-0.05, 0) is 6.42 Å². The Kier molecular flexibility index (Phi) is 3.10. The average Bonchev–Trinajstić information content (AvgIpc) is 1.90. The number of hydrogen-bond acceptors (Lipinski definition) is 3. The fourth-order valence-corrected chi connectivity index (χ4v) is 0.811. The molecule has 46 valence electrons. The first kappa shape index (κ1) is 6.79. The Labute approximate surface area is 62.5 Å². The molecule has 0 N–H and O–H groups in total. The molecular formula is C3H6BIO3. The molecule has 0 spiro atoms. The van der Waals surface area contributed by atoms with Crippen molar-refractivity contribution in [1.82, 2.24) is 0 Å². The predicted octanol–water partition coefficient (Wildman–Crippen LogP) is 0.775. The third kappa shape index (κ3) is 1.89. The van der Waals surface area contributed by atoms with E-state index in [1.165, 1.54) is 0 Å². The van der Waals surface area contributed by atoms with Gasteiger partial charge in [-0.25, -0.2) is 0 Å². The van der Waals surface area contributed by atoms with Gasteiger partial charge in [0.2, 0.25) is 0 Å². The van der Waals surface area contributed by atoms with E-state index in [-0.39, 0.29) is 0 Å². The highest BCUT2D eigenvalue weighted by atomic mass is 127. The summed E-state index contributed by atoms with van der Waals surface area (Å²) >= 11 is 1.76. The topological polar surface area (TPSA) is 27.7 Å². The molecule has 1 saturated heterocycles. The SMILES string of the molecule is IOB1OCCCO1. The molecule has 0 aliphatic carbocycles. The molecule has 8 heavy (non-hydrogen) atoms. The number of hydrogen-bond donors (Lipinski definition) is 0. The van der Waals surface area contributed by atoms with E-state index in [4.69, 9.17) is 12.3 Å². The van der Waals surface area contributed by atoms with Crippen LogP contribution in [0.2, 0.25) is 0 Å². The van der Waals surface area contributed by atoms with Crippen LogP contribution in [0, 0.1) is 0 Å². The van der Waals surface area contributed by atoms with Gasteiger partial charge < -0.3 is 12.3 Å². The van der Waals surface area contributed by atoms with Crippen molar-refractivity contribution in [3.05, 3.63) is 0 Å². The van der Waals surface area contributed by atoms with Crippen molar-refractivity contribution in [2.75, 3.05) is 13.2 Å². The molecule has 0 aromatic heterocycles. The summed E-state index contributed by atoms with van der Waals surface area (Å²) in [6.45, 7) is 1.49. The highest BCUT2D eigenvalue weighted by Crippen LogP contribution is 2.04. The van der Waals surface area contributed by atoms with Gasteiger partial charge in [0.15, 0.2) is 0 Å². The maximum Gasteiger partial charge on any atom is 0.649 e. The summed E-state index contributed by atoms with van der Waals surface area (Å²) in [7, 11) is -0.427. The van der Waals surface area contributed by atoms with Crippen LogP contribution >= 0.6 is 23.0 Å². The van der Waals surface area contributed by atoms with E-state index >= 15 is 0 Å². The van der Waals surface area contributed by atoms with E-state index < -0.39 is 7.32 Å². The van der Waals surface area contributed by atoms with Crippen molar-refractivity contribution in [2.24, 2.45) is 0 Å². The fraction of sp³-hybridized carbons (Fsp3) is 1.00. The zero-order valence-corrected chi connectivity index (χ0v) is 6.46. The standard InChI is InChI=1S/C3H6BIO3/c5-8-4-6-2-1-3-7-4/h1-3H2. The van der Waals surface area contributed by atoms with Crippen molar-refractivity contribution in [3.8, 4) is 0 Å². The minimum atomic E-state index is -0.427. The lowest BCUT2D eigenvalue weighted by Gasteiger charge is -2.15. The van der Waals surface area contributed by atoms with E-state index in [2.05, 4.69) is 0 Å². The normalized spacial score (nSPS) is 21.4. The zero-order chi connectivity index (χ0) is 5.82. The first-order valence-electron chi connectivity index (χ1n) is 2.44. The minimum Gasteiger partial charge on any atom is -0.385 e. The molecule has 0 amide bonds. The monoisotopic (exact) mass is 228 g/mol. The van der Waals surface area contributed by atoms with E-state index in [0.717, 1.165) is 19.6 Å².